The minimum Gasteiger partial charge on any atom is -0.378 e. The van der Waals surface area contributed by atoms with Crippen LogP contribution in [0.2, 0.25) is 0 Å². The summed E-state index contributed by atoms with van der Waals surface area (Å²) in [5.74, 6) is -0.220. The second-order valence-electron chi connectivity index (χ2n) is 4.88. The van der Waals surface area contributed by atoms with Crippen molar-refractivity contribution in [3.8, 4) is 0 Å². The first-order valence-electron chi connectivity index (χ1n) is 7.25. The zero-order chi connectivity index (χ0) is 17.4. The third-order valence-corrected chi connectivity index (χ3v) is 3.67. The molecular weight excluding hydrogens is 374 g/mol. The number of nitrogens with one attached hydrogen (secondary N) is 2. The van der Waals surface area contributed by atoms with Crippen LogP contribution in [0.3, 0.4) is 0 Å². The summed E-state index contributed by atoms with van der Waals surface area (Å²) in [7, 11) is 0. The van der Waals surface area contributed by atoms with Gasteiger partial charge < -0.3 is 10.6 Å². The molecule has 1 amide bonds. The van der Waals surface area contributed by atoms with Gasteiger partial charge in [-0.3, -0.25) is 14.9 Å². The topological polar surface area (TPSA) is 84.3 Å². The van der Waals surface area contributed by atoms with Crippen molar-refractivity contribution in [3.63, 3.8) is 0 Å². The smallest absolute Gasteiger partial charge is 0.292 e. The van der Waals surface area contributed by atoms with Crippen molar-refractivity contribution in [1.82, 2.24) is 5.32 Å². The van der Waals surface area contributed by atoms with E-state index in [1.54, 1.807) is 24.3 Å². The molecule has 124 valence electrons. The number of para-hydroxylation sites is 2. The molecule has 0 unspecified atom stereocenters. The Morgan fingerprint density at radius 3 is 2.54 bits per heavy atom. The molecule has 0 aliphatic carbocycles. The zero-order valence-corrected chi connectivity index (χ0v) is 14.3. The maximum atomic E-state index is 11.7. The number of nitrogens with zero attached hydrogens (tertiary/aromatic N) is 1. The molecule has 0 spiro atoms. The van der Waals surface area contributed by atoms with E-state index in [4.69, 9.17) is 0 Å². The summed E-state index contributed by atoms with van der Waals surface area (Å²) in [6.45, 7) is 0.748. The van der Waals surface area contributed by atoms with Crippen LogP contribution in [-0.4, -0.2) is 23.9 Å². The normalized spacial score (nSPS) is 10.5. The standard InChI is InChI=1S/C17H16BrN3O3/c18-14-8-5-13(6-9-14)7-10-17(22)20-12-11-19-15-3-1-2-4-16(15)21(23)24/h1-10,19H,11-12H2,(H,20,22)/b10-7+. The van der Waals surface area contributed by atoms with E-state index in [0.29, 0.717) is 18.8 Å². The lowest BCUT2D eigenvalue weighted by molar-refractivity contribution is -0.384. The number of carbonyl (C=O) groups is 1. The average Bonchev–Trinajstić information content (AvgIpc) is 2.58. The highest BCUT2D eigenvalue weighted by molar-refractivity contribution is 9.10. The molecule has 0 heterocycles. The van der Waals surface area contributed by atoms with Crippen LogP contribution in [0, 0.1) is 10.1 Å². The van der Waals surface area contributed by atoms with E-state index in [0.717, 1.165) is 10.0 Å². The minimum absolute atomic E-state index is 0.0129. The summed E-state index contributed by atoms with van der Waals surface area (Å²) in [5.41, 5.74) is 1.37. The molecule has 6 nitrogen and oxygen atoms in total. The van der Waals surface area contributed by atoms with Crippen molar-refractivity contribution in [3.05, 3.63) is 74.8 Å². The van der Waals surface area contributed by atoms with Gasteiger partial charge in [0.1, 0.15) is 5.69 Å². The van der Waals surface area contributed by atoms with Crippen LogP contribution in [0.25, 0.3) is 6.08 Å². The zero-order valence-electron chi connectivity index (χ0n) is 12.7. The van der Waals surface area contributed by atoms with Gasteiger partial charge in [0, 0.05) is 29.7 Å². The van der Waals surface area contributed by atoms with Crippen LogP contribution in [-0.2, 0) is 4.79 Å². The van der Waals surface area contributed by atoms with Crippen LogP contribution < -0.4 is 10.6 Å². The van der Waals surface area contributed by atoms with Crippen LogP contribution in [0.1, 0.15) is 5.56 Å². The van der Waals surface area contributed by atoms with Gasteiger partial charge >= 0.3 is 0 Å². The number of amides is 1. The monoisotopic (exact) mass is 389 g/mol. The lowest BCUT2D eigenvalue weighted by Gasteiger charge is -2.07. The molecule has 0 saturated carbocycles. The first-order valence-corrected chi connectivity index (χ1v) is 8.04. The molecule has 2 rings (SSSR count). The number of carbonyl (C=O) groups excluding carboxylic acids is 1. The fourth-order valence-electron chi connectivity index (χ4n) is 1.97. The molecule has 0 radical (unpaired) electrons. The Bertz CT molecular complexity index is 745. The third-order valence-electron chi connectivity index (χ3n) is 3.14. The van der Waals surface area contributed by atoms with Gasteiger partial charge in [-0.05, 0) is 29.8 Å². The lowest BCUT2D eigenvalue weighted by Crippen LogP contribution is -2.27. The van der Waals surface area contributed by atoms with Crippen molar-refractivity contribution < 1.29 is 9.72 Å². The lowest BCUT2D eigenvalue weighted by atomic mass is 10.2. The summed E-state index contributed by atoms with van der Waals surface area (Å²) in [6, 6.07) is 14.0. The van der Waals surface area contributed by atoms with E-state index in [-0.39, 0.29) is 11.6 Å². The second-order valence-corrected chi connectivity index (χ2v) is 5.79. The number of halogens is 1. The van der Waals surface area contributed by atoms with Gasteiger partial charge in [0.25, 0.3) is 5.69 Å². The van der Waals surface area contributed by atoms with Crippen molar-refractivity contribution in [2.45, 2.75) is 0 Å². The number of benzene rings is 2. The van der Waals surface area contributed by atoms with E-state index in [2.05, 4.69) is 26.6 Å². The predicted octanol–water partition coefficient (Wildman–Crippen LogP) is 3.60. The van der Waals surface area contributed by atoms with Crippen LogP contribution in [0.5, 0.6) is 0 Å². The highest BCUT2D eigenvalue weighted by Crippen LogP contribution is 2.22. The fraction of sp³-hybridized carbons (Fsp3) is 0.118. The molecule has 24 heavy (non-hydrogen) atoms. The molecule has 0 saturated heterocycles. The summed E-state index contributed by atoms with van der Waals surface area (Å²) in [6.07, 6.45) is 3.17. The average molecular weight is 390 g/mol. The maximum Gasteiger partial charge on any atom is 0.292 e. The Kier molecular flexibility index (Phi) is 6.51. The van der Waals surface area contributed by atoms with Crippen LogP contribution in [0.4, 0.5) is 11.4 Å². The number of anilines is 1. The third kappa shape index (κ3) is 5.51. The quantitative estimate of drug-likeness (QED) is 0.328. The fourth-order valence-corrected chi connectivity index (χ4v) is 2.23. The van der Waals surface area contributed by atoms with E-state index in [1.807, 2.05) is 24.3 Å². The molecule has 0 aliphatic rings. The first kappa shape index (κ1) is 17.7. The summed E-state index contributed by atoms with van der Waals surface area (Å²) < 4.78 is 0.977. The molecule has 2 N–H and O–H groups in total. The highest BCUT2D eigenvalue weighted by Gasteiger charge is 2.11. The number of rotatable bonds is 7. The van der Waals surface area contributed by atoms with Crippen molar-refractivity contribution >= 4 is 39.3 Å². The van der Waals surface area contributed by atoms with E-state index >= 15 is 0 Å². The summed E-state index contributed by atoms with van der Waals surface area (Å²) in [5, 5.41) is 16.5. The highest BCUT2D eigenvalue weighted by atomic mass is 79.9. The molecule has 0 bridgehead atoms. The van der Waals surface area contributed by atoms with E-state index < -0.39 is 4.92 Å². The number of nitro benzene ring substituents is 1. The molecule has 0 aromatic heterocycles. The van der Waals surface area contributed by atoms with Gasteiger partial charge in [-0.15, -0.1) is 0 Å². The van der Waals surface area contributed by atoms with Gasteiger partial charge in [0.2, 0.25) is 5.91 Å². The van der Waals surface area contributed by atoms with Crippen LogP contribution in [0.15, 0.2) is 59.1 Å². The number of hydrogen-bond acceptors (Lipinski definition) is 4. The van der Waals surface area contributed by atoms with Crippen molar-refractivity contribution in [1.29, 1.82) is 0 Å². The van der Waals surface area contributed by atoms with E-state index in [9.17, 15) is 14.9 Å². The van der Waals surface area contributed by atoms with Crippen molar-refractivity contribution in [2.24, 2.45) is 0 Å². The summed E-state index contributed by atoms with van der Waals surface area (Å²) >= 11 is 3.35. The molecule has 0 fully saturated rings. The van der Waals surface area contributed by atoms with Gasteiger partial charge in [0.05, 0.1) is 4.92 Å². The number of nitro groups is 1. The largest absolute Gasteiger partial charge is 0.378 e. The molecular formula is C17H16BrN3O3. The predicted molar refractivity (Wildman–Crippen MR) is 97.8 cm³/mol. The number of hydrogen-bond donors (Lipinski definition) is 2. The van der Waals surface area contributed by atoms with Gasteiger partial charge in [-0.2, -0.15) is 0 Å². The maximum absolute atomic E-state index is 11.7. The van der Waals surface area contributed by atoms with Gasteiger partial charge in [0.15, 0.2) is 0 Å². The Morgan fingerprint density at radius 1 is 1.12 bits per heavy atom. The van der Waals surface area contributed by atoms with Crippen molar-refractivity contribution in [2.75, 3.05) is 18.4 Å². The first-order chi connectivity index (χ1) is 11.6. The van der Waals surface area contributed by atoms with E-state index in [1.165, 1.54) is 12.1 Å². The molecule has 2 aromatic rings. The van der Waals surface area contributed by atoms with Gasteiger partial charge in [-0.25, -0.2) is 0 Å². The Balaban J connectivity index is 1.77. The molecule has 2 aromatic carbocycles. The van der Waals surface area contributed by atoms with Gasteiger partial charge in [-0.1, -0.05) is 40.2 Å². The Morgan fingerprint density at radius 2 is 1.83 bits per heavy atom. The minimum atomic E-state index is -0.443. The Labute approximate surface area is 147 Å². The molecule has 7 heteroatoms. The SMILES string of the molecule is O=C(/C=C/c1ccc(Br)cc1)NCCNc1ccccc1[N+](=O)[O-]. The Hall–Kier alpha value is -2.67. The molecule has 0 atom stereocenters. The van der Waals surface area contributed by atoms with Crippen LogP contribution >= 0.6 is 15.9 Å². The molecule has 0 aliphatic heterocycles. The summed E-state index contributed by atoms with van der Waals surface area (Å²) in [4.78, 5) is 22.2. The second kappa shape index (κ2) is 8.83.